The molecule has 0 N–H and O–H groups in total. The number of hydrogen-bond acceptors (Lipinski definition) is 2. The van der Waals surface area contributed by atoms with Gasteiger partial charge in [0.15, 0.2) is 5.78 Å². The Balaban J connectivity index is 2.06. The summed E-state index contributed by atoms with van der Waals surface area (Å²) in [6.45, 7) is 0. The molecule has 2 aromatic rings. The molecule has 2 rings (SSSR count). The topological polar surface area (TPSA) is 40.9 Å². The highest BCUT2D eigenvalue weighted by molar-refractivity contribution is 6.30. The zero-order valence-corrected chi connectivity index (χ0v) is 11.0. The molecule has 0 aromatic heterocycles. The van der Waals surface area contributed by atoms with Crippen molar-refractivity contribution in [1.82, 2.24) is 0 Å². The molecule has 0 heterocycles. The lowest BCUT2D eigenvalue weighted by Crippen LogP contribution is -2.03. The summed E-state index contributed by atoms with van der Waals surface area (Å²) in [5, 5.41) is 9.65. The number of benzene rings is 2. The lowest BCUT2D eigenvalue weighted by molar-refractivity contribution is 0.0982. The van der Waals surface area contributed by atoms with Gasteiger partial charge in [-0.3, -0.25) is 4.79 Å². The normalized spacial score (nSPS) is 9.89. The van der Waals surface area contributed by atoms with E-state index in [1.807, 2.05) is 30.3 Å². The van der Waals surface area contributed by atoms with Crippen LogP contribution in [0.25, 0.3) is 0 Å². The Morgan fingerprint density at radius 3 is 2.47 bits per heavy atom. The predicted octanol–water partition coefficient (Wildman–Crippen LogP) is 4.03. The predicted molar refractivity (Wildman–Crippen MR) is 75.3 cm³/mol. The fourth-order valence-electron chi connectivity index (χ4n) is 1.87. The molecule has 0 amide bonds. The molecule has 0 saturated heterocycles. The summed E-state index contributed by atoms with van der Waals surface area (Å²) < 4.78 is 0. The van der Waals surface area contributed by atoms with Gasteiger partial charge in [0.25, 0.3) is 0 Å². The zero-order valence-electron chi connectivity index (χ0n) is 10.3. The summed E-state index contributed by atoms with van der Waals surface area (Å²) in [6.07, 6.45) is 1.04. The molecule has 0 radical (unpaired) electrons. The lowest BCUT2D eigenvalue weighted by atomic mass is 9.99. The molecular formula is C16H12ClNO. The number of carbonyl (C=O) groups excluding carboxylic acids is 1. The van der Waals surface area contributed by atoms with Crippen LogP contribution in [-0.4, -0.2) is 5.78 Å². The van der Waals surface area contributed by atoms with Crippen molar-refractivity contribution in [3.63, 3.8) is 0 Å². The third-order valence-electron chi connectivity index (χ3n) is 2.90. The molecule has 0 atom stereocenters. The van der Waals surface area contributed by atoms with E-state index in [4.69, 9.17) is 16.9 Å². The van der Waals surface area contributed by atoms with E-state index in [0.29, 0.717) is 29.0 Å². The van der Waals surface area contributed by atoms with Gasteiger partial charge in [-0.15, -0.1) is 0 Å². The van der Waals surface area contributed by atoms with Gasteiger partial charge < -0.3 is 0 Å². The third-order valence-corrected chi connectivity index (χ3v) is 3.15. The van der Waals surface area contributed by atoms with Crippen LogP contribution in [0, 0.1) is 11.3 Å². The fraction of sp³-hybridized carbons (Fsp3) is 0.125. The second-order valence-corrected chi connectivity index (χ2v) is 4.64. The number of nitriles is 1. The number of aryl methyl sites for hydroxylation is 1. The van der Waals surface area contributed by atoms with Crippen molar-refractivity contribution in [1.29, 1.82) is 5.26 Å². The molecule has 0 spiro atoms. The van der Waals surface area contributed by atoms with Gasteiger partial charge in [0, 0.05) is 17.0 Å². The van der Waals surface area contributed by atoms with Crippen LogP contribution < -0.4 is 0 Å². The Hall–Kier alpha value is -2.11. The van der Waals surface area contributed by atoms with E-state index in [9.17, 15) is 4.79 Å². The number of Topliss-reactive ketones (excluding diaryl/α,β-unsaturated/α-hetero) is 1. The molecule has 0 aliphatic heterocycles. The van der Waals surface area contributed by atoms with Crippen LogP contribution in [0.15, 0.2) is 48.5 Å². The van der Waals surface area contributed by atoms with E-state index < -0.39 is 0 Å². The van der Waals surface area contributed by atoms with Crippen molar-refractivity contribution in [2.75, 3.05) is 0 Å². The van der Waals surface area contributed by atoms with E-state index in [2.05, 4.69) is 0 Å². The highest BCUT2D eigenvalue weighted by Crippen LogP contribution is 2.14. The number of hydrogen-bond donors (Lipinski definition) is 0. The number of nitrogens with zero attached hydrogens (tertiary/aromatic N) is 1. The van der Waals surface area contributed by atoms with Gasteiger partial charge in [0.1, 0.15) is 0 Å². The molecule has 0 aliphatic rings. The maximum atomic E-state index is 12.1. The molecule has 94 valence electrons. The van der Waals surface area contributed by atoms with Crippen molar-refractivity contribution in [2.24, 2.45) is 0 Å². The van der Waals surface area contributed by atoms with Crippen molar-refractivity contribution in [3.8, 4) is 6.07 Å². The van der Waals surface area contributed by atoms with Gasteiger partial charge in [-0.25, -0.2) is 0 Å². The average Bonchev–Trinajstić information content (AvgIpc) is 2.46. The van der Waals surface area contributed by atoms with E-state index in [1.165, 1.54) is 0 Å². The molecule has 3 heteroatoms. The second-order valence-electron chi connectivity index (χ2n) is 4.21. The summed E-state index contributed by atoms with van der Waals surface area (Å²) >= 11 is 5.81. The average molecular weight is 270 g/mol. The van der Waals surface area contributed by atoms with Gasteiger partial charge in [0.2, 0.25) is 0 Å². The lowest BCUT2D eigenvalue weighted by Gasteiger charge is -2.03. The van der Waals surface area contributed by atoms with Crippen LogP contribution in [0.4, 0.5) is 0 Å². The van der Waals surface area contributed by atoms with Gasteiger partial charge in [0.05, 0.1) is 11.6 Å². The molecule has 19 heavy (non-hydrogen) atoms. The monoisotopic (exact) mass is 269 g/mol. The van der Waals surface area contributed by atoms with Crippen LogP contribution in [0.5, 0.6) is 0 Å². The van der Waals surface area contributed by atoms with Crippen LogP contribution in [-0.2, 0) is 6.42 Å². The van der Waals surface area contributed by atoms with Crippen molar-refractivity contribution in [2.45, 2.75) is 12.8 Å². The Labute approximate surface area is 117 Å². The minimum absolute atomic E-state index is 0.00731. The maximum absolute atomic E-state index is 12.1. The Bertz CT molecular complexity index is 626. The molecular weight excluding hydrogens is 258 g/mol. The fourth-order valence-corrected chi connectivity index (χ4v) is 1.99. The van der Waals surface area contributed by atoms with Gasteiger partial charge in [-0.2, -0.15) is 5.26 Å². The maximum Gasteiger partial charge on any atom is 0.164 e. The minimum Gasteiger partial charge on any atom is -0.294 e. The van der Waals surface area contributed by atoms with Gasteiger partial charge in [-0.1, -0.05) is 41.9 Å². The van der Waals surface area contributed by atoms with E-state index in [-0.39, 0.29) is 5.78 Å². The van der Waals surface area contributed by atoms with Gasteiger partial charge in [-0.05, 0) is 30.2 Å². The molecule has 0 fully saturated rings. The standard InChI is InChI=1S/C16H12ClNO/c17-14-8-5-12(6-9-14)7-10-16(19)15-4-2-1-3-13(15)11-18/h1-6,8-9H,7,10H2. The SMILES string of the molecule is N#Cc1ccccc1C(=O)CCc1ccc(Cl)cc1. The van der Waals surface area contributed by atoms with E-state index in [0.717, 1.165) is 5.56 Å². The third kappa shape index (κ3) is 3.43. The summed E-state index contributed by atoms with van der Waals surface area (Å²) in [5.74, 6) is -0.00731. The first kappa shape index (κ1) is 13.3. The Kier molecular flexibility index (Phi) is 4.33. The van der Waals surface area contributed by atoms with Crippen molar-refractivity contribution in [3.05, 3.63) is 70.2 Å². The van der Waals surface area contributed by atoms with Crippen molar-refractivity contribution >= 4 is 17.4 Å². The molecule has 0 bridgehead atoms. The Morgan fingerprint density at radius 2 is 1.79 bits per heavy atom. The van der Waals surface area contributed by atoms with Crippen molar-refractivity contribution < 1.29 is 4.79 Å². The first-order valence-electron chi connectivity index (χ1n) is 5.97. The van der Waals surface area contributed by atoms with Crippen LogP contribution in [0.3, 0.4) is 0 Å². The summed E-state index contributed by atoms with van der Waals surface area (Å²) in [7, 11) is 0. The second kappa shape index (κ2) is 6.17. The number of ketones is 1. The number of rotatable bonds is 4. The first-order chi connectivity index (χ1) is 9.20. The molecule has 2 aromatic carbocycles. The highest BCUT2D eigenvalue weighted by atomic mass is 35.5. The van der Waals surface area contributed by atoms with E-state index in [1.54, 1.807) is 24.3 Å². The quantitative estimate of drug-likeness (QED) is 0.787. The largest absolute Gasteiger partial charge is 0.294 e. The minimum atomic E-state index is -0.00731. The smallest absolute Gasteiger partial charge is 0.164 e. The number of halogens is 1. The summed E-state index contributed by atoms with van der Waals surface area (Å²) in [5.41, 5.74) is 2.00. The first-order valence-corrected chi connectivity index (χ1v) is 6.35. The van der Waals surface area contributed by atoms with Crippen LogP contribution >= 0.6 is 11.6 Å². The molecule has 0 aliphatic carbocycles. The van der Waals surface area contributed by atoms with Crippen LogP contribution in [0.2, 0.25) is 5.02 Å². The van der Waals surface area contributed by atoms with Crippen LogP contribution in [0.1, 0.15) is 27.9 Å². The summed E-state index contributed by atoms with van der Waals surface area (Å²) in [4.78, 5) is 12.1. The molecule has 2 nitrogen and oxygen atoms in total. The number of carbonyl (C=O) groups is 1. The molecule has 0 saturated carbocycles. The summed E-state index contributed by atoms with van der Waals surface area (Å²) in [6, 6.07) is 16.4. The zero-order chi connectivity index (χ0) is 13.7. The Morgan fingerprint density at radius 1 is 1.11 bits per heavy atom. The highest BCUT2D eigenvalue weighted by Gasteiger charge is 2.10. The molecule has 0 unspecified atom stereocenters. The van der Waals surface area contributed by atoms with Gasteiger partial charge >= 0.3 is 0 Å². The van der Waals surface area contributed by atoms with E-state index >= 15 is 0 Å².